The third-order valence-corrected chi connectivity index (χ3v) is 4.18. The van der Waals surface area contributed by atoms with Crippen molar-refractivity contribution in [2.24, 2.45) is 4.99 Å². The molecule has 8 nitrogen and oxygen atoms in total. The summed E-state index contributed by atoms with van der Waals surface area (Å²) in [5.74, 6) is 1.29. The molecule has 0 radical (unpaired) electrons. The molecule has 0 aromatic carbocycles. The van der Waals surface area contributed by atoms with Crippen LogP contribution in [0.4, 0.5) is 4.79 Å². The van der Waals surface area contributed by atoms with Crippen molar-refractivity contribution in [3.63, 3.8) is 0 Å². The largest absolute Gasteiger partial charge is 0.467 e. The first-order valence-corrected chi connectivity index (χ1v) is 8.58. The second kappa shape index (κ2) is 6.95. The van der Waals surface area contributed by atoms with Crippen molar-refractivity contribution in [1.29, 1.82) is 0 Å². The third kappa shape index (κ3) is 4.25. The van der Waals surface area contributed by atoms with Gasteiger partial charge in [-0.1, -0.05) is 0 Å². The van der Waals surface area contributed by atoms with E-state index in [1.54, 1.807) is 17.0 Å². The fourth-order valence-corrected chi connectivity index (χ4v) is 2.99. The van der Waals surface area contributed by atoms with Crippen molar-refractivity contribution >= 4 is 12.1 Å². The molecule has 138 valence electrons. The quantitative estimate of drug-likeness (QED) is 0.851. The Morgan fingerprint density at radius 3 is 3.00 bits per heavy atom. The molecule has 0 spiro atoms. The van der Waals surface area contributed by atoms with Gasteiger partial charge in [0.2, 0.25) is 0 Å². The average Bonchev–Trinajstić information content (AvgIpc) is 3.20. The smallest absolute Gasteiger partial charge is 0.410 e. The van der Waals surface area contributed by atoms with Crippen LogP contribution in [0.3, 0.4) is 0 Å². The zero-order valence-corrected chi connectivity index (χ0v) is 14.9. The Balaban J connectivity index is 1.50. The van der Waals surface area contributed by atoms with Gasteiger partial charge in [-0.3, -0.25) is 4.99 Å². The van der Waals surface area contributed by atoms with Gasteiger partial charge in [-0.2, -0.15) is 0 Å². The highest BCUT2D eigenvalue weighted by atomic mass is 16.6. The van der Waals surface area contributed by atoms with E-state index in [4.69, 9.17) is 9.15 Å². The van der Waals surface area contributed by atoms with Crippen LogP contribution in [0.2, 0.25) is 0 Å². The number of nitrogens with zero attached hydrogens (tertiary/aromatic N) is 3. The summed E-state index contributed by atoms with van der Waals surface area (Å²) >= 11 is 0. The number of furan rings is 1. The van der Waals surface area contributed by atoms with Gasteiger partial charge in [0.15, 0.2) is 5.96 Å². The minimum absolute atomic E-state index is 0.143. The number of aliphatic hydroxyl groups is 1. The molecule has 8 heteroatoms. The predicted molar refractivity (Wildman–Crippen MR) is 92.3 cm³/mol. The Hall–Kier alpha value is -2.22. The molecule has 1 aromatic heterocycles. The van der Waals surface area contributed by atoms with Crippen LogP contribution >= 0.6 is 0 Å². The van der Waals surface area contributed by atoms with E-state index < -0.39 is 11.7 Å². The summed E-state index contributed by atoms with van der Waals surface area (Å²) in [5, 5.41) is 13.3. The van der Waals surface area contributed by atoms with Crippen LogP contribution in [0.1, 0.15) is 32.6 Å². The average molecular weight is 350 g/mol. The Labute approximate surface area is 147 Å². The van der Waals surface area contributed by atoms with E-state index >= 15 is 0 Å². The van der Waals surface area contributed by atoms with E-state index in [1.807, 2.05) is 20.8 Å². The van der Waals surface area contributed by atoms with Gasteiger partial charge in [-0.15, -0.1) is 0 Å². The van der Waals surface area contributed by atoms with Crippen LogP contribution in [0.25, 0.3) is 0 Å². The lowest BCUT2D eigenvalue weighted by atomic mass is 10.2. The molecule has 25 heavy (non-hydrogen) atoms. The summed E-state index contributed by atoms with van der Waals surface area (Å²) in [6.45, 7) is 8.41. The van der Waals surface area contributed by atoms with E-state index in [0.29, 0.717) is 38.5 Å². The number of hydrogen-bond donors (Lipinski definition) is 2. The molecule has 1 fully saturated rings. The second-order valence-electron chi connectivity index (χ2n) is 7.35. The molecule has 3 heterocycles. The summed E-state index contributed by atoms with van der Waals surface area (Å²) in [5.41, 5.74) is -0.491. The van der Waals surface area contributed by atoms with Crippen LogP contribution in [0.15, 0.2) is 27.8 Å². The zero-order chi connectivity index (χ0) is 18.0. The summed E-state index contributed by atoms with van der Waals surface area (Å²) in [7, 11) is 0. The van der Waals surface area contributed by atoms with Crippen molar-refractivity contribution < 1.29 is 19.1 Å². The highest BCUT2D eigenvalue weighted by Gasteiger charge is 2.36. The molecular weight excluding hydrogens is 324 g/mol. The van der Waals surface area contributed by atoms with Crippen LogP contribution < -0.4 is 5.32 Å². The molecule has 0 bridgehead atoms. The number of fused-ring (bicyclic) bond motifs is 1. The Kier molecular flexibility index (Phi) is 4.89. The Morgan fingerprint density at radius 1 is 1.52 bits per heavy atom. The highest BCUT2D eigenvalue weighted by Crippen LogP contribution is 2.19. The topological polar surface area (TPSA) is 90.5 Å². The van der Waals surface area contributed by atoms with Gasteiger partial charge in [0, 0.05) is 19.6 Å². The first kappa shape index (κ1) is 17.6. The molecule has 1 saturated heterocycles. The first-order valence-electron chi connectivity index (χ1n) is 8.58. The van der Waals surface area contributed by atoms with Gasteiger partial charge >= 0.3 is 6.09 Å². The van der Waals surface area contributed by atoms with Crippen LogP contribution in [-0.4, -0.2) is 71.3 Å². The highest BCUT2D eigenvalue weighted by molar-refractivity contribution is 5.82. The van der Waals surface area contributed by atoms with Crippen molar-refractivity contribution in [2.75, 3.05) is 32.7 Å². The number of amides is 1. The van der Waals surface area contributed by atoms with Gasteiger partial charge in [0.1, 0.15) is 17.5 Å². The predicted octanol–water partition coefficient (Wildman–Crippen LogP) is 1.19. The molecule has 0 saturated carbocycles. The van der Waals surface area contributed by atoms with Crippen molar-refractivity contribution in [2.45, 2.75) is 38.5 Å². The number of piperazine rings is 1. The normalized spacial score (nSPS) is 21.6. The maximum Gasteiger partial charge on any atom is 0.410 e. The summed E-state index contributed by atoms with van der Waals surface area (Å²) in [4.78, 5) is 20.6. The van der Waals surface area contributed by atoms with Gasteiger partial charge in [-0.25, -0.2) is 4.79 Å². The molecule has 2 atom stereocenters. The lowest BCUT2D eigenvalue weighted by molar-refractivity contribution is 0.0137. The lowest BCUT2D eigenvalue weighted by Gasteiger charge is -2.39. The monoisotopic (exact) mass is 350 g/mol. The van der Waals surface area contributed by atoms with Crippen LogP contribution in [0.5, 0.6) is 0 Å². The molecule has 2 unspecified atom stereocenters. The van der Waals surface area contributed by atoms with Crippen LogP contribution in [-0.2, 0) is 4.74 Å². The number of rotatable bonds is 3. The molecular formula is C17H26N4O4. The summed E-state index contributed by atoms with van der Waals surface area (Å²) in [6.07, 6.45) is 0.541. The van der Waals surface area contributed by atoms with Gasteiger partial charge < -0.3 is 29.4 Å². The van der Waals surface area contributed by atoms with E-state index in [0.717, 1.165) is 5.96 Å². The summed E-state index contributed by atoms with van der Waals surface area (Å²) in [6, 6.07) is 3.63. The standard InChI is InChI=1S/C17H26N4O4/c1-17(2,3)25-16(23)20-6-7-21-12(11-20)9-18-15(21)19-10-13(22)14-5-4-8-24-14/h4-5,8,12-13,22H,6-7,9-11H2,1-3H3,(H,18,19). The molecule has 3 rings (SSSR count). The number of guanidine groups is 1. The number of hydrogen-bond acceptors (Lipinski definition) is 7. The van der Waals surface area contributed by atoms with Crippen molar-refractivity contribution in [3.05, 3.63) is 24.2 Å². The van der Waals surface area contributed by atoms with Crippen LogP contribution in [0, 0.1) is 0 Å². The molecule has 2 N–H and O–H groups in total. The van der Waals surface area contributed by atoms with E-state index in [9.17, 15) is 9.90 Å². The maximum atomic E-state index is 12.2. The van der Waals surface area contributed by atoms with E-state index in [-0.39, 0.29) is 12.1 Å². The molecule has 0 aliphatic carbocycles. The lowest BCUT2D eigenvalue weighted by Crippen LogP contribution is -2.57. The molecule has 1 aromatic rings. The van der Waals surface area contributed by atoms with Gasteiger partial charge in [0.05, 0.1) is 25.4 Å². The van der Waals surface area contributed by atoms with Gasteiger partial charge in [-0.05, 0) is 32.9 Å². The minimum atomic E-state index is -0.722. The first-order chi connectivity index (χ1) is 11.8. The number of ether oxygens (including phenoxy) is 1. The number of aliphatic imine (C=N–C) groups is 1. The van der Waals surface area contributed by atoms with Crippen molar-refractivity contribution in [1.82, 2.24) is 15.1 Å². The molecule has 2 aliphatic rings. The number of carbonyl (C=O) groups is 1. The summed E-state index contributed by atoms with van der Waals surface area (Å²) < 4.78 is 10.6. The van der Waals surface area contributed by atoms with Crippen molar-refractivity contribution in [3.8, 4) is 0 Å². The Morgan fingerprint density at radius 2 is 2.32 bits per heavy atom. The maximum absolute atomic E-state index is 12.2. The third-order valence-electron chi connectivity index (χ3n) is 4.18. The molecule has 1 amide bonds. The number of nitrogens with one attached hydrogen (secondary N) is 1. The van der Waals surface area contributed by atoms with E-state index in [2.05, 4.69) is 15.2 Å². The minimum Gasteiger partial charge on any atom is -0.467 e. The van der Waals surface area contributed by atoms with Gasteiger partial charge in [0.25, 0.3) is 0 Å². The SMILES string of the molecule is CC(C)(C)OC(=O)N1CCN2C(NCC(O)c3ccco3)=NCC2C1. The molecule has 2 aliphatic heterocycles. The number of carbonyl (C=O) groups excluding carboxylic acids is 1. The fraction of sp³-hybridized carbons (Fsp3) is 0.647. The zero-order valence-electron chi connectivity index (χ0n) is 14.9. The number of aliphatic hydroxyl groups excluding tert-OH is 1. The second-order valence-corrected chi connectivity index (χ2v) is 7.35. The van der Waals surface area contributed by atoms with E-state index in [1.165, 1.54) is 6.26 Å². The fourth-order valence-electron chi connectivity index (χ4n) is 2.99. The Bertz CT molecular complexity index is 623.